The second-order valence-electron chi connectivity index (χ2n) is 5.97. The Hall–Kier alpha value is -2.37. The first kappa shape index (κ1) is 18.4. The van der Waals surface area contributed by atoms with Crippen LogP contribution in [0.1, 0.15) is 34.6 Å². The lowest BCUT2D eigenvalue weighted by Gasteiger charge is -2.16. The quantitative estimate of drug-likeness (QED) is 0.674. The van der Waals surface area contributed by atoms with Crippen LogP contribution in [0.5, 0.6) is 0 Å². The molecule has 0 radical (unpaired) electrons. The van der Waals surface area contributed by atoms with Crippen LogP contribution >= 0.6 is 23.2 Å². The van der Waals surface area contributed by atoms with E-state index in [-0.39, 0.29) is 11.8 Å². The van der Waals surface area contributed by atoms with Gasteiger partial charge in [-0.1, -0.05) is 41.3 Å². The van der Waals surface area contributed by atoms with Crippen LogP contribution in [-0.2, 0) is 0 Å². The van der Waals surface area contributed by atoms with Crippen molar-refractivity contribution in [2.75, 3.05) is 6.54 Å². The summed E-state index contributed by atoms with van der Waals surface area (Å²) < 4.78 is 5.11. The van der Waals surface area contributed by atoms with E-state index in [1.54, 1.807) is 49.4 Å². The molecule has 0 aliphatic carbocycles. The maximum absolute atomic E-state index is 12.4. The minimum absolute atomic E-state index is 0.0132. The van der Waals surface area contributed by atoms with Crippen molar-refractivity contribution in [1.29, 1.82) is 0 Å². The summed E-state index contributed by atoms with van der Waals surface area (Å²) in [5.41, 5.74) is 2.14. The van der Waals surface area contributed by atoms with Crippen LogP contribution in [0.2, 0.25) is 10.0 Å². The molecule has 134 valence electrons. The summed E-state index contributed by atoms with van der Waals surface area (Å²) in [6.07, 6.45) is 0. The monoisotopic (exact) mass is 389 g/mol. The van der Waals surface area contributed by atoms with Crippen LogP contribution in [0.15, 0.2) is 47.0 Å². The number of nitrogens with one attached hydrogen (secondary N) is 1. The SMILES string of the molecule is Cc1noc(-c2ccc(C(=O)NC[C@@H](C)c3c(Cl)cccc3Cl)cc2)n1. The minimum Gasteiger partial charge on any atom is -0.351 e. The minimum atomic E-state index is -0.173. The number of aromatic nitrogens is 2. The molecule has 7 heteroatoms. The van der Waals surface area contributed by atoms with Gasteiger partial charge in [0.25, 0.3) is 11.8 Å². The van der Waals surface area contributed by atoms with Gasteiger partial charge in [0.05, 0.1) is 0 Å². The summed E-state index contributed by atoms with van der Waals surface area (Å²) in [7, 11) is 0. The lowest BCUT2D eigenvalue weighted by atomic mass is 10.0. The normalized spacial score (nSPS) is 12.0. The van der Waals surface area contributed by atoms with E-state index in [4.69, 9.17) is 27.7 Å². The van der Waals surface area contributed by atoms with E-state index < -0.39 is 0 Å². The highest BCUT2D eigenvalue weighted by Crippen LogP contribution is 2.31. The Morgan fingerprint density at radius 3 is 2.38 bits per heavy atom. The number of hydrogen-bond acceptors (Lipinski definition) is 4. The van der Waals surface area contributed by atoms with E-state index in [1.807, 2.05) is 6.92 Å². The molecule has 3 aromatic rings. The maximum Gasteiger partial charge on any atom is 0.257 e. The fourth-order valence-electron chi connectivity index (χ4n) is 2.61. The fraction of sp³-hybridized carbons (Fsp3) is 0.211. The second kappa shape index (κ2) is 7.89. The van der Waals surface area contributed by atoms with Crippen molar-refractivity contribution in [2.45, 2.75) is 19.8 Å². The van der Waals surface area contributed by atoms with Crippen molar-refractivity contribution in [2.24, 2.45) is 0 Å². The predicted octanol–water partition coefficient (Wildman–Crippen LogP) is 4.89. The van der Waals surface area contributed by atoms with E-state index in [9.17, 15) is 4.79 Å². The van der Waals surface area contributed by atoms with Crippen molar-refractivity contribution < 1.29 is 9.32 Å². The average molecular weight is 390 g/mol. The van der Waals surface area contributed by atoms with Crippen LogP contribution in [0, 0.1) is 6.92 Å². The zero-order valence-electron chi connectivity index (χ0n) is 14.3. The lowest BCUT2D eigenvalue weighted by molar-refractivity contribution is 0.0951. The predicted molar refractivity (Wildman–Crippen MR) is 102 cm³/mol. The molecule has 0 saturated carbocycles. The second-order valence-corrected chi connectivity index (χ2v) is 6.78. The van der Waals surface area contributed by atoms with Gasteiger partial charge in [-0.25, -0.2) is 0 Å². The molecule has 0 spiro atoms. The molecule has 1 atom stereocenters. The third kappa shape index (κ3) is 4.06. The van der Waals surface area contributed by atoms with Gasteiger partial charge >= 0.3 is 0 Å². The third-order valence-electron chi connectivity index (χ3n) is 3.98. The van der Waals surface area contributed by atoms with Gasteiger partial charge in [0, 0.05) is 33.6 Å². The average Bonchev–Trinajstić information content (AvgIpc) is 3.06. The number of benzene rings is 2. The molecule has 1 amide bonds. The third-order valence-corrected chi connectivity index (χ3v) is 4.64. The first-order valence-electron chi connectivity index (χ1n) is 8.08. The van der Waals surface area contributed by atoms with Gasteiger partial charge in [-0.05, 0) is 48.9 Å². The summed E-state index contributed by atoms with van der Waals surface area (Å²) >= 11 is 12.4. The standard InChI is InChI=1S/C19H17Cl2N3O2/c1-11(17-15(20)4-3-5-16(17)21)10-22-18(25)13-6-8-14(9-7-13)19-23-12(2)24-26-19/h3-9,11H,10H2,1-2H3,(H,22,25)/t11-/m1/s1. The first-order valence-corrected chi connectivity index (χ1v) is 8.84. The first-order chi connectivity index (χ1) is 12.5. The van der Waals surface area contributed by atoms with Gasteiger partial charge in [-0.15, -0.1) is 0 Å². The Bertz CT molecular complexity index is 903. The number of carbonyl (C=O) groups is 1. The van der Waals surface area contributed by atoms with Crippen molar-refractivity contribution >= 4 is 29.1 Å². The molecule has 0 aliphatic heterocycles. The molecule has 1 aromatic heterocycles. The summed E-state index contributed by atoms with van der Waals surface area (Å²) in [4.78, 5) is 16.5. The topological polar surface area (TPSA) is 68.0 Å². The van der Waals surface area contributed by atoms with Crippen molar-refractivity contribution in [3.05, 3.63) is 69.5 Å². The summed E-state index contributed by atoms with van der Waals surface area (Å²) in [5.74, 6) is 0.805. The summed E-state index contributed by atoms with van der Waals surface area (Å²) in [6.45, 7) is 4.14. The van der Waals surface area contributed by atoms with Crippen molar-refractivity contribution in [1.82, 2.24) is 15.5 Å². The van der Waals surface area contributed by atoms with Crippen LogP contribution in [0.25, 0.3) is 11.5 Å². The number of nitrogens with zero attached hydrogens (tertiary/aromatic N) is 2. The van der Waals surface area contributed by atoms with Crippen LogP contribution in [-0.4, -0.2) is 22.6 Å². The zero-order valence-corrected chi connectivity index (χ0v) is 15.8. The van der Waals surface area contributed by atoms with Crippen molar-refractivity contribution in [3.8, 4) is 11.5 Å². The van der Waals surface area contributed by atoms with Gasteiger partial charge in [-0.2, -0.15) is 4.98 Å². The molecule has 0 saturated heterocycles. The van der Waals surface area contributed by atoms with E-state index in [0.717, 1.165) is 11.1 Å². The van der Waals surface area contributed by atoms with Gasteiger partial charge in [0.15, 0.2) is 5.82 Å². The number of hydrogen-bond donors (Lipinski definition) is 1. The molecule has 2 aromatic carbocycles. The Morgan fingerprint density at radius 2 is 1.81 bits per heavy atom. The van der Waals surface area contributed by atoms with E-state index in [2.05, 4.69) is 15.5 Å². The maximum atomic E-state index is 12.4. The zero-order chi connectivity index (χ0) is 18.7. The highest BCUT2D eigenvalue weighted by molar-refractivity contribution is 6.36. The molecule has 1 N–H and O–H groups in total. The Labute approximate surface area is 161 Å². The van der Waals surface area contributed by atoms with E-state index >= 15 is 0 Å². The lowest BCUT2D eigenvalue weighted by Crippen LogP contribution is -2.27. The molecule has 0 fully saturated rings. The van der Waals surface area contributed by atoms with Gasteiger partial charge in [0.2, 0.25) is 0 Å². The Kier molecular flexibility index (Phi) is 5.59. The van der Waals surface area contributed by atoms with Gasteiger partial charge in [-0.3, -0.25) is 4.79 Å². The molecule has 0 bridgehead atoms. The van der Waals surface area contributed by atoms with Crippen LogP contribution in [0.3, 0.4) is 0 Å². The number of halogens is 2. The van der Waals surface area contributed by atoms with Crippen molar-refractivity contribution in [3.63, 3.8) is 0 Å². The molecule has 1 heterocycles. The number of rotatable bonds is 5. The smallest absolute Gasteiger partial charge is 0.257 e. The molecule has 0 aliphatic rings. The highest BCUT2D eigenvalue weighted by Gasteiger charge is 2.15. The van der Waals surface area contributed by atoms with Crippen LogP contribution < -0.4 is 5.32 Å². The largest absolute Gasteiger partial charge is 0.351 e. The molecule has 3 rings (SSSR count). The number of amides is 1. The summed E-state index contributed by atoms with van der Waals surface area (Å²) in [6, 6.07) is 12.4. The number of carbonyl (C=O) groups excluding carboxylic acids is 1. The van der Waals surface area contributed by atoms with E-state index in [1.165, 1.54) is 0 Å². The molecule has 0 unspecified atom stereocenters. The molecule has 26 heavy (non-hydrogen) atoms. The van der Waals surface area contributed by atoms with E-state index in [0.29, 0.717) is 33.9 Å². The highest BCUT2D eigenvalue weighted by atomic mass is 35.5. The summed E-state index contributed by atoms with van der Waals surface area (Å²) in [5, 5.41) is 7.85. The van der Waals surface area contributed by atoms with Crippen LogP contribution in [0.4, 0.5) is 0 Å². The van der Waals surface area contributed by atoms with Gasteiger partial charge in [0.1, 0.15) is 0 Å². The Balaban J connectivity index is 1.65. The molecule has 5 nitrogen and oxygen atoms in total. The van der Waals surface area contributed by atoms with Gasteiger partial charge < -0.3 is 9.84 Å². The fourth-order valence-corrected chi connectivity index (χ4v) is 3.38. The molecular weight excluding hydrogens is 373 g/mol. The number of aryl methyl sites for hydroxylation is 1. The molecular formula is C19H17Cl2N3O2. The Morgan fingerprint density at radius 1 is 1.15 bits per heavy atom.